The number of amides is 4. The number of likely N-dealkylation sites (tertiary alicyclic amines) is 1. The highest BCUT2D eigenvalue weighted by Gasteiger charge is 2.52. The maximum Gasteiger partial charge on any atom is 0.344 e. The second kappa shape index (κ2) is 8.14. The molecule has 4 rings (SSSR count). The van der Waals surface area contributed by atoms with Crippen LogP contribution in [0.25, 0.3) is 0 Å². The highest BCUT2D eigenvalue weighted by atomic mass is 16.2. The highest BCUT2D eigenvalue weighted by molar-refractivity contribution is 6.08. The standard InChI is InChI=1S/C22H30N4O3/c1-2-22(17-11-4-3-5-12-17)20(28)26(21(29)23-22)24-19(27)15-25-14-8-10-16-9-6-7-13-18(16)25/h3-5,11-12,16,18H,2,6-10,13-15H2,1H3,(H,23,29)(H,24,27)/t16-,18+,22+/m1/s1. The lowest BCUT2D eigenvalue weighted by molar-refractivity contribution is -0.140. The van der Waals surface area contributed by atoms with E-state index in [0.717, 1.165) is 30.0 Å². The number of hydrogen-bond donors (Lipinski definition) is 2. The molecule has 0 aromatic heterocycles. The van der Waals surface area contributed by atoms with E-state index in [4.69, 9.17) is 0 Å². The number of benzene rings is 1. The van der Waals surface area contributed by atoms with Crippen molar-refractivity contribution in [2.24, 2.45) is 5.92 Å². The van der Waals surface area contributed by atoms with E-state index in [2.05, 4.69) is 15.6 Å². The molecule has 29 heavy (non-hydrogen) atoms. The Bertz CT molecular complexity index is 782. The Morgan fingerprint density at radius 3 is 2.62 bits per heavy atom. The summed E-state index contributed by atoms with van der Waals surface area (Å²) in [5.41, 5.74) is 2.16. The monoisotopic (exact) mass is 398 g/mol. The van der Waals surface area contributed by atoms with Crippen LogP contribution in [-0.4, -0.2) is 46.9 Å². The lowest BCUT2D eigenvalue weighted by atomic mass is 9.78. The van der Waals surface area contributed by atoms with Crippen molar-refractivity contribution in [2.75, 3.05) is 13.1 Å². The molecule has 0 radical (unpaired) electrons. The van der Waals surface area contributed by atoms with Crippen LogP contribution in [0.4, 0.5) is 4.79 Å². The maximum absolute atomic E-state index is 13.1. The predicted octanol–water partition coefficient (Wildman–Crippen LogP) is 2.53. The number of imide groups is 1. The largest absolute Gasteiger partial charge is 0.344 e. The minimum atomic E-state index is -1.13. The van der Waals surface area contributed by atoms with Gasteiger partial charge in [-0.05, 0) is 50.1 Å². The van der Waals surface area contributed by atoms with Crippen LogP contribution in [0, 0.1) is 5.92 Å². The van der Waals surface area contributed by atoms with Gasteiger partial charge in [0.1, 0.15) is 5.54 Å². The topological polar surface area (TPSA) is 81.8 Å². The van der Waals surface area contributed by atoms with E-state index in [9.17, 15) is 14.4 Å². The molecule has 7 heteroatoms. The summed E-state index contributed by atoms with van der Waals surface area (Å²) in [5.74, 6) is -0.0636. The maximum atomic E-state index is 13.1. The van der Waals surface area contributed by atoms with E-state index < -0.39 is 17.5 Å². The van der Waals surface area contributed by atoms with Crippen LogP contribution >= 0.6 is 0 Å². The Kier molecular flexibility index (Phi) is 5.58. The first-order valence-electron chi connectivity index (χ1n) is 10.8. The fourth-order valence-electron chi connectivity index (χ4n) is 5.31. The summed E-state index contributed by atoms with van der Waals surface area (Å²) < 4.78 is 0. The lowest BCUT2D eigenvalue weighted by Gasteiger charge is -2.43. The number of nitrogens with zero attached hydrogens (tertiary/aromatic N) is 2. The fraction of sp³-hybridized carbons (Fsp3) is 0.591. The van der Waals surface area contributed by atoms with Crippen molar-refractivity contribution >= 4 is 17.8 Å². The summed E-state index contributed by atoms with van der Waals surface area (Å²) in [7, 11) is 0. The molecule has 2 heterocycles. The number of carbonyl (C=O) groups excluding carboxylic acids is 3. The van der Waals surface area contributed by atoms with Gasteiger partial charge in [-0.15, -0.1) is 0 Å². The fourth-order valence-corrected chi connectivity index (χ4v) is 5.31. The van der Waals surface area contributed by atoms with Gasteiger partial charge in [0, 0.05) is 6.04 Å². The van der Waals surface area contributed by atoms with E-state index in [-0.39, 0.29) is 12.5 Å². The SMILES string of the molecule is CC[C@@]1(c2ccccc2)NC(=O)N(NC(=O)CN2CCC[C@H]3CCCC[C@@H]32)C1=O. The van der Waals surface area contributed by atoms with Crippen LogP contribution in [0.3, 0.4) is 0 Å². The molecular weight excluding hydrogens is 368 g/mol. The van der Waals surface area contributed by atoms with Crippen molar-refractivity contribution in [3.63, 3.8) is 0 Å². The number of hydrogen-bond acceptors (Lipinski definition) is 4. The van der Waals surface area contributed by atoms with Crippen LogP contribution < -0.4 is 10.7 Å². The van der Waals surface area contributed by atoms with Crippen LogP contribution in [-0.2, 0) is 15.1 Å². The second-order valence-electron chi connectivity index (χ2n) is 8.46. The number of nitrogens with one attached hydrogen (secondary N) is 2. The van der Waals surface area contributed by atoms with Crippen molar-refractivity contribution in [2.45, 2.75) is 63.5 Å². The minimum Gasteiger partial charge on any atom is -0.318 e. The van der Waals surface area contributed by atoms with Gasteiger partial charge < -0.3 is 5.32 Å². The average Bonchev–Trinajstić information content (AvgIpc) is 3.00. The number of rotatable bonds is 5. The molecular formula is C22H30N4O3. The number of hydrazine groups is 1. The zero-order valence-electron chi connectivity index (χ0n) is 17.0. The molecule has 2 saturated heterocycles. The third-order valence-corrected chi connectivity index (χ3v) is 6.83. The molecule has 7 nitrogen and oxygen atoms in total. The predicted molar refractivity (Wildman–Crippen MR) is 108 cm³/mol. The Morgan fingerprint density at radius 2 is 1.86 bits per heavy atom. The molecule has 1 aromatic rings. The lowest BCUT2D eigenvalue weighted by Crippen LogP contribution is -2.54. The number of piperidine rings is 1. The molecule has 3 fully saturated rings. The first-order valence-corrected chi connectivity index (χ1v) is 10.8. The molecule has 2 N–H and O–H groups in total. The van der Waals surface area contributed by atoms with Gasteiger partial charge in [-0.25, -0.2) is 4.79 Å². The number of fused-ring (bicyclic) bond motifs is 1. The van der Waals surface area contributed by atoms with E-state index >= 15 is 0 Å². The Labute approximate surface area is 171 Å². The molecule has 4 amide bonds. The molecule has 2 aliphatic heterocycles. The summed E-state index contributed by atoms with van der Waals surface area (Å²) >= 11 is 0. The number of urea groups is 1. The minimum absolute atomic E-state index is 0.225. The van der Waals surface area contributed by atoms with Crippen molar-refractivity contribution in [3.05, 3.63) is 35.9 Å². The Hall–Kier alpha value is -2.41. The van der Waals surface area contributed by atoms with E-state index in [1.54, 1.807) is 0 Å². The molecule has 0 spiro atoms. The smallest absolute Gasteiger partial charge is 0.318 e. The van der Waals surface area contributed by atoms with Crippen LogP contribution in [0.5, 0.6) is 0 Å². The first kappa shape index (κ1) is 19.9. The molecule has 1 aromatic carbocycles. The van der Waals surface area contributed by atoms with Gasteiger partial charge in [-0.3, -0.25) is 19.9 Å². The summed E-state index contributed by atoms with van der Waals surface area (Å²) in [6.45, 7) is 2.98. The molecule has 156 valence electrons. The first-order chi connectivity index (χ1) is 14.0. The van der Waals surface area contributed by atoms with Crippen LogP contribution in [0.2, 0.25) is 0 Å². The van der Waals surface area contributed by atoms with Crippen molar-refractivity contribution in [1.29, 1.82) is 0 Å². The highest BCUT2D eigenvalue weighted by Crippen LogP contribution is 2.35. The van der Waals surface area contributed by atoms with Gasteiger partial charge in [-0.1, -0.05) is 50.1 Å². The van der Waals surface area contributed by atoms with Gasteiger partial charge in [0.25, 0.3) is 11.8 Å². The van der Waals surface area contributed by atoms with E-state index in [0.29, 0.717) is 18.4 Å². The van der Waals surface area contributed by atoms with Gasteiger partial charge >= 0.3 is 6.03 Å². The summed E-state index contributed by atoms with van der Waals surface area (Å²) in [4.78, 5) is 40.7. The van der Waals surface area contributed by atoms with Crippen molar-refractivity contribution in [1.82, 2.24) is 20.7 Å². The molecule has 0 bridgehead atoms. The van der Waals surface area contributed by atoms with Gasteiger partial charge in [0.05, 0.1) is 6.54 Å². The van der Waals surface area contributed by atoms with Crippen LogP contribution in [0.1, 0.15) is 57.4 Å². The van der Waals surface area contributed by atoms with E-state index in [1.165, 1.54) is 25.7 Å². The quantitative estimate of drug-likeness (QED) is 0.747. The second-order valence-corrected chi connectivity index (χ2v) is 8.46. The molecule has 1 aliphatic carbocycles. The Balaban J connectivity index is 1.44. The third-order valence-electron chi connectivity index (χ3n) is 6.83. The normalized spacial score (nSPS) is 30.0. The summed E-state index contributed by atoms with van der Waals surface area (Å²) in [6.07, 6.45) is 7.62. The molecule has 3 atom stereocenters. The van der Waals surface area contributed by atoms with Gasteiger partial charge in [0.15, 0.2) is 0 Å². The molecule has 1 saturated carbocycles. The third kappa shape index (κ3) is 3.64. The van der Waals surface area contributed by atoms with Crippen molar-refractivity contribution in [3.8, 4) is 0 Å². The van der Waals surface area contributed by atoms with E-state index in [1.807, 2.05) is 37.3 Å². The number of carbonyl (C=O) groups is 3. The Morgan fingerprint density at radius 1 is 1.14 bits per heavy atom. The zero-order chi connectivity index (χ0) is 20.4. The van der Waals surface area contributed by atoms with Crippen LogP contribution in [0.15, 0.2) is 30.3 Å². The zero-order valence-corrected chi connectivity index (χ0v) is 17.0. The molecule has 0 unspecified atom stereocenters. The molecule has 3 aliphatic rings. The van der Waals surface area contributed by atoms with Gasteiger partial charge in [0.2, 0.25) is 0 Å². The van der Waals surface area contributed by atoms with Gasteiger partial charge in [-0.2, -0.15) is 5.01 Å². The van der Waals surface area contributed by atoms with Crippen molar-refractivity contribution < 1.29 is 14.4 Å². The summed E-state index contributed by atoms with van der Waals surface area (Å²) in [6, 6.07) is 9.06. The summed E-state index contributed by atoms with van der Waals surface area (Å²) in [5, 5.41) is 3.66. The average molecular weight is 399 g/mol.